The number of hydrogen-bond acceptors (Lipinski definition) is 3. The zero-order valence-corrected chi connectivity index (χ0v) is 11.7. The summed E-state index contributed by atoms with van der Waals surface area (Å²) >= 11 is 0. The Morgan fingerprint density at radius 3 is 2.67 bits per heavy atom. The molecule has 1 aliphatic carbocycles. The van der Waals surface area contributed by atoms with E-state index in [1.807, 2.05) is 0 Å². The van der Waals surface area contributed by atoms with Crippen molar-refractivity contribution in [3.63, 3.8) is 0 Å². The van der Waals surface area contributed by atoms with Gasteiger partial charge in [-0.3, -0.25) is 4.79 Å². The van der Waals surface area contributed by atoms with Crippen molar-refractivity contribution in [2.75, 3.05) is 13.7 Å². The van der Waals surface area contributed by atoms with Crippen LogP contribution < -0.4 is 5.32 Å². The molecule has 0 heterocycles. The van der Waals surface area contributed by atoms with Crippen LogP contribution in [-0.4, -0.2) is 36.4 Å². The van der Waals surface area contributed by atoms with Crippen molar-refractivity contribution in [2.24, 2.45) is 0 Å². The minimum absolute atomic E-state index is 0.111. The molecule has 0 aromatic carbocycles. The number of rotatable bonds is 9. The van der Waals surface area contributed by atoms with Crippen molar-refractivity contribution in [3.8, 4) is 0 Å². The van der Waals surface area contributed by atoms with E-state index in [-0.39, 0.29) is 6.10 Å². The van der Waals surface area contributed by atoms with E-state index < -0.39 is 11.5 Å². The van der Waals surface area contributed by atoms with Gasteiger partial charge in [0.15, 0.2) is 0 Å². The maximum atomic E-state index is 11.2. The normalized spacial score (nSPS) is 27.6. The summed E-state index contributed by atoms with van der Waals surface area (Å²) in [5.41, 5.74) is -0.757. The van der Waals surface area contributed by atoms with Crippen LogP contribution in [0.1, 0.15) is 58.3 Å². The topological polar surface area (TPSA) is 58.6 Å². The standard InChI is InChI=1S/C14H27NO3/c1-3-4-5-6-7-10-18-12-8-9-14(11-12,15-2)13(16)17/h12,15H,3-11H2,1-2H3,(H,16,17). The van der Waals surface area contributed by atoms with Gasteiger partial charge in [-0.2, -0.15) is 0 Å². The molecule has 0 saturated heterocycles. The number of carboxylic acids is 1. The highest BCUT2D eigenvalue weighted by Gasteiger charge is 2.44. The van der Waals surface area contributed by atoms with E-state index in [2.05, 4.69) is 12.2 Å². The molecular weight excluding hydrogens is 230 g/mol. The van der Waals surface area contributed by atoms with Gasteiger partial charge in [-0.05, 0) is 26.3 Å². The van der Waals surface area contributed by atoms with Gasteiger partial charge in [0, 0.05) is 13.0 Å². The Balaban J connectivity index is 2.16. The summed E-state index contributed by atoms with van der Waals surface area (Å²) in [5, 5.41) is 12.2. The molecule has 0 aliphatic heterocycles. The van der Waals surface area contributed by atoms with Gasteiger partial charge in [0.05, 0.1) is 6.10 Å². The average molecular weight is 257 g/mol. The molecular formula is C14H27NO3. The monoisotopic (exact) mass is 257 g/mol. The van der Waals surface area contributed by atoms with Crippen LogP contribution in [0, 0.1) is 0 Å². The molecule has 1 rings (SSSR count). The number of hydrogen-bond donors (Lipinski definition) is 2. The Labute approximate surface area is 110 Å². The molecule has 0 aromatic rings. The van der Waals surface area contributed by atoms with E-state index in [4.69, 9.17) is 4.74 Å². The van der Waals surface area contributed by atoms with Crippen LogP contribution in [0.5, 0.6) is 0 Å². The first-order valence-electron chi connectivity index (χ1n) is 7.18. The lowest BCUT2D eigenvalue weighted by atomic mass is 9.98. The van der Waals surface area contributed by atoms with Gasteiger partial charge in [0.1, 0.15) is 5.54 Å². The van der Waals surface area contributed by atoms with Crippen LogP contribution in [0.15, 0.2) is 0 Å². The van der Waals surface area contributed by atoms with Gasteiger partial charge in [-0.15, -0.1) is 0 Å². The quantitative estimate of drug-likeness (QED) is 0.623. The number of carbonyl (C=O) groups is 1. The minimum atomic E-state index is -0.757. The van der Waals surface area contributed by atoms with E-state index >= 15 is 0 Å². The van der Waals surface area contributed by atoms with Crippen LogP contribution in [0.25, 0.3) is 0 Å². The predicted molar refractivity (Wildman–Crippen MR) is 71.8 cm³/mol. The molecule has 4 nitrogen and oxygen atoms in total. The highest BCUT2D eigenvalue weighted by atomic mass is 16.5. The molecule has 2 N–H and O–H groups in total. The van der Waals surface area contributed by atoms with Crippen molar-refractivity contribution in [1.29, 1.82) is 0 Å². The molecule has 0 radical (unpaired) electrons. The summed E-state index contributed by atoms with van der Waals surface area (Å²) in [6.07, 6.45) is 8.36. The average Bonchev–Trinajstić information content (AvgIpc) is 2.78. The Morgan fingerprint density at radius 1 is 1.39 bits per heavy atom. The molecule has 106 valence electrons. The number of nitrogens with one attached hydrogen (secondary N) is 1. The summed E-state index contributed by atoms with van der Waals surface area (Å²) < 4.78 is 5.79. The number of likely N-dealkylation sites (N-methyl/N-ethyl adjacent to an activating group) is 1. The van der Waals surface area contributed by atoms with E-state index in [9.17, 15) is 9.90 Å². The highest BCUT2D eigenvalue weighted by molar-refractivity contribution is 5.79. The summed E-state index contributed by atoms with van der Waals surface area (Å²) in [5.74, 6) is -0.751. The lowest BCUT2D eigenvalue weighted by Crippen LogP contribution is -2.48. The Hall–Kier alpha value is -0.610. The van der Waals surface area contributed by atoms with Crippen LogP contribution in [0.4, 0.5) is 0 Å². The summed E-state index contributed by atoms with van der Waals surface area (Å²) in [7, 11) is 1.72. The van der Waals surface area contributed by atoms with Crippen LogP contribution >= 0.6 is 0 Å². The first-order chi connectivity index (χ1) is 8.64. The fraction of sp³-hybridized carbons (Fsp3) is 0.929. The molecule has 0 spiro atoms. The number of carboxylic acid groups (broad SMARTS) is 1. The Kier molecular flexibility index (Phi) is 6.65. The van der Waals surface area contributed by atoms with Crippen molar-refractivity contribution in [3.05, 3.63) is 0 Å². The SMILES string of the molecule is CCCCCCCOC1CCC(NC)(C(=O)O)C1. The summed E-state index contributed by atoms with van der Waals surface area (Å²) in [6.45, 7) is 2.98. The predicted octanol–water partition coefficient (Wildman–Crippen LogP) is 2.57. The highest BCUT2D eigenvalue weighted by Crippen LogP contribution is 2.32. The third-order valence-corrected chi connectivity index (χ3v) is 3.96. The zero-order chi connectivity index (χ0) is 13.4. The molecule has 0 aromatic heterocycles. The number of ether oxygens (including phenoxy) is 1. The molecule has 18 heavy (non-hydrogen) atoms. The van der Waals surface area contributed by atoms with Gasteiger partial charge >= 0.3 is 5.97 Å². The number of unbranched alkanes of at least 4 members (excludes halogenated alkanes) is 4. The summed E-state index contributed by atoms with van der Waals surface area (Å²) in [4.78, 5) is 11.2. The van der Waals surface area contributed by atoms with Crippen LogP contribution in [0.2, 0.25) is 0 Å². The Morgan fingerprint density at radius 2 is 2.11 bits per heavy atom. The van der Waals surface area contributed by atoms with Gasteiger partial charge < -0.3 is 15.2 Å². The van der Waals surface area contributed by atoms with Crippen LogP contribution in [-0.2, 0) is 9.53 Å². The van der Waals surface area contributed by atoms with E-state index in [0.29, 0.717) is 12.8 Å². The van der Waals surface area contributed by atoms with E-state index in [1.165, 1.54) is 25.7 Å². The molecule has 2 unspecified atom stereocenters. The lowest BCUT2D eigenvalue weighted by molar-refractivity contribution is -0.144. The molecule has 1 saturated carbocycles. The second-order valence-electron chi connectivity index (χ2n) is 5.29. The largest absolute Gasteiger partial charge is 0.480 e. The van der Waals surface area contributed by atoms with Crippen molar-refractivity contribution < 1.29 is 14.6 Å². The van der Waals surface area contributed by atoms with E-state index in [0.717, 1.165) is 19.4 Å². The molecule has 0 amide bonds. The van der Waals surface area contributed by atoms with Gasteiger partial charge in [-0.1, -0.05) is 32.6 Å². The maximum Gasteiger partial charge on any atom is 0.323 e. The molecule has 0 bridgehead atoms. The van der Waals surface area contributed by atoms with Crippen molar-refractivity contribution >= 4 is 5.97 Å². The third-order valence-electron chi connectivity index (χ3n) is 3.96. The van der Waals surface area contributed by atoms with Crippen molar-refractivity contribution in [1.82, 2.24) is 5.32 Å². The number of aliphatic carboxylic acids is 1. The first-order valence-corrected chi connectivity index (χ1v) is 7.18. The maximum absolute atomic E-state index is 11.2. The zero-order valence-electron chi connectivity index (χ0n) is 11.7. The van der Waals surface area contributed by atoms with Gasteiger partial charge in [0.2, 0.25) is 0 Å². The smallest absolute Gasteiger partial charge is 0.323 e. The fourth-order valence-electron chi connectivity index (χ4n) is 2.63. The molecule has 2 atom stereocenters. The molecule has 1 fully saturated rings. The minimum Gasteiger partial charge on any atom is -0.480 e. The van der Waals surface area contributed by atoms with Crippen molar-refractivity contribution in [2.45, 2.75) is 69.9 Å². The summed E-state index contributed by atoms with van der Waals surface area (Å²) in [6, 6.07) is 0. The second kappa shape index (κ2) is 7.74. The third kappa shape index (κ3) is 4.25. The first kappa shape index (κ1) is 15.4. The van der Waals surface area contributed by atoms with Gasteiger partial charge in [-0.25, -0.2) is 0 Å². The Bertz CT molecular complexity index is 257. The van der Waals surface area contributed by atoms with Gasteiger partial charge in [0.25, 0.3) is 0 Å². The lowest BCUT2D eigenvalue weighted by Gasteiger charge is -2.23. The second-order valence-corrected chi connectivity index (χ2v) is 5.29. The fourth-order valence-corrected chi connectivity index (χ4v) is 2.63. The molecule has 4 heteroatoms. The molecule has 1 aliphatic rings. The van der Waals surface area contributed by atoms with Crippen LogP contribution in [0.3, 0.4) is 0 Å². The van der Waals surface area contributed by atoms with E-state index in [1.54, 1.807) is 7.05 Å².